The predicted octanol–water partition coefficient (Wildman–Crippen LogP) is 3.79. The number of benzene rings is 1. The van der Waals surface area contributed by atoms with E-state index in [1.165, 1.54) is 5.56 Å². The Kier molecular flexibility index (Phi) is 5.21. The van der Waals surface area contributed by atoms with Crippen molar-refractivity contribution in [3.63, 3.8) is 0 Å². The molecule has 0 heterocycles. The fraction of sp³-hybridized carbons (Fsp3) is 0.611. The molecule has 0 saturated heterocycles. The van der Waals surface area contributed by atoms with Gasteiger partial charge in [0.1, 0.15) is 5.75 Å². The molecule has 0 aromatic heterocycles. The smallest absolute Gasteiger partial charge is 0.128 e. The Bertz CT molecular complexity index is 519. The third-order valence-corrected chi connectivity index (χ3v) is 3.55. The fourth-order valence-electron chi connectivity index (χ4n) is 2.01. The highest BCUT2D eigenvalue weighted by Gasteiger charge is 2.24. The van der Waals surface area contributed by atoms with Crippen molar-refractivity contribution < 1.29 is 10.2 Å². The van der Waals surface area contributed by atoms with Crippen LogP contribution in [0.25, 0.3) is 0 Å². The highest BCUT2D eigenvalue weighted by Crippen LogP contribution is 2.37. The molecule has 0 amide bonds. The number of aliphatic hydroxyl groups excluding tert-OH is 1. The minimum Gasteiger partial charge on any atom is -0.507 e. The molecule has 1 rings (SSSR count). The van der Waals surface area contributed by atoms with Crippen LogP contribution in [0.4, 0.5) is 0 Å². The molecule has 118 valence electrons. The van der Waals surface area contributed by atoms with Crippen LogP contribution in [0.1, 0.15) is 65.2 Å². The zero-order valence-electron chi connectivity index (χ0n) is 14.4. The van der Waals surface area contributed by atoms with E-state index in [4.69, 9.17) is 5.11 Å². The van der Waals surface area contributed by atoms with Gasteiger partial charge in [-0.05, 0) is 29.4 Å². The van der Waals surface area contributed by atoms with Gasteiger partial charge in [-0.2, -0.15) is 0 Å². The Hall–Kier alpha value is -1.35. The quantitative estimate of drug-likeness (QED) is 0.833. The van der Waals surface area contributed by atoms with Gasteiger partial charge in [-0.25, -0.2) is 0 Å². The van der Waals surface area contributed by atoms with E-state index in [0.717, 1.165) is 5.56 Å². The van der Waals surface area contributed by atoms with Crippen LogP contribution in [0, 0.1) is 0 Å². The summed E-state index contributed by atoms with van der Waals surface area (Å²) in [5.41, 5.74) is 2.67. The molecule has 21 heavy (non-hydrogen) atoms. The lowest BCUT2D eigenvalue weighted by Crippen LogP contribution is -2.17. The zero-order valence-corrected chi connectivity index (χ0v) is 14.4. The van der Waals surface area contributed by atoms with E-state index in [0.29, 0.717) is 5.56 Å². The summed E-state index contributed by atoms with van der Waals surface area (Å²) in [7, 11) is 0. The van der Waals surface area contributed by atoms with Crippen molar-refractivity contribution in [1.29, 1.82) is 0 Å². The third-order valence-electron chi connectivity index (χ3n) is 3.55. The molecule has 1 aromatic carbocycles. The molecule has 0 unspecified atom stereocenters. The first kappa shape index (κ1) is 17.7. The molecular formula is C18H29NO2. The minimum atomic E-state index is -0.166. The number of hydrogen-bond acceptors (Lipinski definition) is 3. The number of rotatable bonds is 3. The second-order valence-electron chi connectivity index (χ2n) is 7.77. The Morgan fingerprint density at radius 1 is 1.10 bits per heavy atom. The number of phenolic OH excluding ortho intramolecular Hbond substituents is 1. The SMILES string of the molecule is C[C@@H](CO)N=Cc1cc(C(C)(C)C)cc(C(C)(C)C)c1O. The number of phenols is 1. The lowest BCUT2D eigenvalue weighted by atomic mass is 9.79. The summed E-state index contributed by atoms with van der Waals surface area (Å²) < 4.78 is 0. The maximum absolute atomic E-state index is 10.5. The first-order valence-electron chi connectivity index (χ1n) is 7.49. The molecule has 0 aliphatic rings. The number of aromatic hydroxyl groups is 1. The highest BCUT2D eigenvalue weighted by atomic mass is 16.3. The number of aliphatic hydroxyl groups is 1. The maximum atomic E-state index is 10.5. The van der Waals surface area contributed by atoms with Crippen LogP contribution < -0.4 is 0 Å². The predicted molar refractivity (Wildman–Crippen MR) is 89.6 cm³/mol. The average Bonchev–Trinajstić information content (AvgIpc) is 2.34. The Labute approximate surface area is 128 Å². The summed E-state index contributed by atoms with van der Waals surface area (Å²) in [6.45, 7) is 14.6. The molecule has 3 nitrogen and oxygen atoms in total. The minimum absolute atomic E-state index is 0.00111. The number of nitrogens with zero attached hydrogens (tertiary/aromatic N) is 1. The van der Waals surface area contributed by atoms with Crippen molar-refractivity contribution >= 4 is 6.21 Å². The molecule has 0 bridgehead atoms. The molecule has 1 atom stereocenters. The van der Waals surface area contributed by atoms with Gasteiger partial charge < -0.3 is 10.2 Å². The van der Waals surface area contributed by atoms with Crippen LogP contribution in [0.5, 0.6) is 5.75 Å². The van der Waals surface area contributed by atoms with E-state index < -0.39 is 0 Å². The van der Waals surface area contributed by atoms with E-state index >= 15 is 0 Å². The van der Waals surface area contributed by atoms with Crippen molar-refractivity contribution in [3.05, 3.63) is 28.8 Å². The van der Waals surface area contributed by atoms with Gasteiger partial charge in [-0.15, -0.1) is 0 Å². The highest BCUT2D eigenvalue weighted by molar-refractivity contribution is 5.85. The van der Waals surface area contributed by atoms with E-state index in [-0.39, 0.29) is 29.2 Å². The lowest BCUT2D eigenvalue weighted by molar-refractivity contribution is 0.275. The third kappa shape index (κ3) is 4.57. The van der Waals surface area contributed by atoms with Gasteiger partial charge >= 0.3 is 0 Å². The Morgan fingerprint density at radius 3 is 2.10 bits per heavy atom. The molecule has 0 spiro atoms. The molecule has 0 aliphatic heterocycles. The summed E-state index contributed by atoms with van der Waals surface area (Å²) in [4.78, 5) is 4.29. The molecule has 0 aliphatic carbocycles. The van der Waals surface area contributed by atoms with E-state index in [9.17, 15) is 5.11 Å². The Balaban J connectivity index is 3.46. The van der Waals surface area contributed by atoms with E-state index in [2.05, 4.69) is 52.6 Å². The van der Waals surface area contributed by atoms with Crippen LogP contribution in [-0.2, 0) is 10.8 Å². The Morgan fingerprint density at radius 2 is 1.67 bits per heavy atom. The molecular weight excluding hydrogens is 262 g/mol. The molecule has 1 aromatic rings. The van der Waals surface area contributed by atoms with Crippen LogP contribution in [0.3, 0.4) is 0 Å². The second kappa shape index (κ2) is 6.18. The molecule has 2 N–H and O–H groups in total. The molecule has 0 fully saturated rings. The van der Waals surface area contributed by atoms with Gasteiger partial charge in [0.15, 0.2) is 0 Å². The normalized spacial score (nSPS) is 14.7. The zero-order chi connectivity index (χ0) is 16.4. The van der Waals surface area contributed by atoms with Crippen molar-refractivity contribution in [2.75, 3.05) is 6.61 Å². The van der Waals surface area contributed by atoms with Crippen molar-refractivity contribution in [2.45, 2.75) is 65.3 Å². The standard InChI is InChI=1S/C18H29NO2/c1-12(11-20)19-10-13-8-14(17(2,3)4)9-15(16(13)21)18(5,6)7/h8-10,12,20-21H,11H2,1-7H3/t12-/m0/s1. The maximum Gasteiger partial charge on any atom is 0.128 e. The van der Waals surface area contributed by atoms with Crippen LogP contribution >= 0.6 is 0 Å². The topological polar surface area (TPSA) is 52.8 Å². The largest absolute Gasteiger partial charge is 0.507 e. The average molecular weight is 291 g/mol. The van der Waals surface area contributed by atoms with Gasteiger partial charge in [0.2, 0.25) is 0 Å². The molecule has 0 saturated carbocycles. The lowest BCUT2D eigenvalue weighted by Gasteiger charge is -2.27. The van der Waals surface area contributed by atoms with Crippen molar-refractivity contribution in [3.8, 4) is 5.75 Å². The number of aliphatic imine (C=N–C) groups is 1. The van der Waals surface area contributed by atoms with E-state index in [1.54, 1.807) is 6.21 Å². The summed E-state index contributed by atoms with van der Waals surface area (Å²) in [6, 6.07) is 3.90. The van der Waals surface area contributed by atoms with Crippen LogP contribution in [0.2, 0.25) is 0 Å². The summed E-state index contributed by atoms with van der Waals surface area (Å²) >= 11 is 0. The molecule has 0 radical (unpaired) electrons. The van der Waals surface area contributed by atoms with Crippen molar-refractivity contribution in [2.24, 2.45) is 4.99 Å². The van der Waals surface area contributed by atoms with E-state index in [1.807, 2.05) is 13.0 Å². The van der Waals surface area contributed by atoms with Crippen LogP contribution in [-0.4, -0.2) is 29.1 Å². The van der Waals surface area contributed by atoms with Crippen LogP contribution in [0.15, 0.2) is 17.1 Å². The van der Waals surface area contributed by atoms with Gasteiger partial charge in [-0.3, -0.25) is 4.99 Å². The van der Waals surface area contributed by atoms with Gasteiger partial charge in [-0.1, -0.05) is 47.6 Å². The van der Waals surface area contributed by atoms with Gasteiger partial charge in [0.25, 0.3) is 0 Å². The first-order chi connectivity index (χ1) is 9.46. The summed E-state index contributed by atoms with van der Waals surface area (Å²) in [5, 5.41) is 19.6. The van der Waals surface area contributed by atoms with Gasteiger partial charge in [0, 0.05) is 17.3 Å². The van der Waals surface area contributed by atoms with Gasteiger partial charge in [0.05, 0.1) is 12.6 Å². The second-order valence-corrected chi connectivity index (χ2v) is 7.77. The number of hydrogen-bond donors (Lipinski definition) is 2. The molecule has 3 heteroatoms. The first-order valence-corrected chi connectivity index (χ1v) is 7.49. The monoisotopic (exact) mass is 291 g/mol. The van der Waals surface area contributed by atoms with Crippen molar-refractivity contribution in [1.82, 2.24) is 0 Å². The summed E-state index contributed by atoms with van der Waals surface area (Å²) in [6.07, 6.45) is 1.67. The fourth-order valence-corrected chi connectivity index (χ4v) is 2.01. The summed E-state index contributed by atoms with van der Waals surface area (Å²) in [5.74, 6) is 0.282.